The van der Waals surface area contributed by atoms with Gasteiger partial charge in [0.15, 0.2) is 5.78 Å². The fourth-order valence-corrected chi connectivity index (χ4v) is 4.62. The van der Waals surface area contributed by atoms with E-state index in [9.17, 15) is 19.5 Å². The molecular weight excluding hydrogens is 552 g/mol. The SMILES string of the molecule is C=C(C)C(=O)N(CCOc1ccc(CC(Nc2ccccc2C(=O)c2ccccc2)C(=O)O)cc1)c1ccccc1Cl. The number of anilines is 2. The fourth-order valence-electron chi connectivity index (χ4n) is 4.38. The summed E-state index contributed by atoms with van der Waals surface area (Å²) < 4.78 is 5.88. The van der Waals surface area contributed by atoms with Crippen molar-refractivity contribution in [3.8, 4) is 5.75 Å². The number of hydrogen-bond acceptors (Lipinski definition) is 5. The molecule has 0 aliphatic heterocycles. The van der Waals surface area contributed by atoms with Crippen LogP contribution in [-0.2, 0) is 16.0 Å². The third-order valence-corrected chi connectivity index (χ3v) is 6.86. The number of ether oxygens (including phenoxy) is 1. The van der Waals surface area contributed by atoms with Crippen LogP contribution in [0.5, 0.6) is 5.75 Å². The van der Waals surface area contributed by atoms with Crippen molar-refractivity contribution in [1.82, 2.24) is 0 Å². The number of rotatable bonds is 13. The molecule has 7 nitrogen and oxygen atoms in total. The van der Waals surface area contributed by atoms with E-state index in [-0.39, 0.29) is 31.3 Å². The molecule has 4 aromatic carbocycles. The number of aliphatic carboxylic acids is 1. The lowest BCUT2D eigenvalue weighted by molar-refractivity contribution is -0.137. The number of nitrogens with one attached hydrogen (secondary N) is 1. The highest BCUT2D eigenvalue weighted by Gasteiger charge is 2.22. The number of ketones is 1. The van der Waals surface area contributed by atoms with Crippen LogP contribution in [0, 0.1) is 0 Å². The van der Waals surface area contributed by atoms with Crippen LogP contribution in [0.1, 0.15) is 28.4 Å². The van der Waals surface area contributed by atoms with Gasteiger partial charge in [0.2, 0.25) is 0 Å². The first-order valence-corrected chi connectivity index (χ1v) is 13.7. The Kier molecular flexibility index (Phi) is 10.1. The zero-order valence-electron chi connectivity index (χ0n) is 23.1. The van der Waals surface area contributed by atoms with Gasteiger partial charge in [-0.05, 0) is 48.9 Å². The molecular formula is C34H31ClN2O5. The number of carbonyl (C=O) groups excluding carboxylic acids is 2. The van der Waals surface area contributed by atoms with E-state index in [4.69, 9.17) is 16.3 Å². The van der Waals surface area contributed by atoms with Crippen molar-refractivity contribution in [2.24, 2.45) is 0 Å². The molecule has 1 unspecified atom stereocenters. The number of carbonyl (C=O) groups is 3. The second-order valence-electron chi connectivity index (χ2n) is 9.66. The second-order valence-corrected chi connectivity index (χ2v) is 10.1. The smallest absolute Gasteiger partial charge is 0.326 e. The normalized spacial score (nSPS) is 11.3. The summed E-state index contributed by atoms with van der Waals surface area (Å²) in [5.74, 6) is -0.915. The van der Waals surface area contributed by atoms with Crippen LogP contribution in [0.2, 0.25) is 5.02 Å². The lowest BCUT2D eigenvalue weighted by atomic mass is 10.00. The molecule has 0 saturated heterocycles. The predicted octanol–water partition coefficient (Wildman–Crippen LogP) is 6.67. The van der Waals surface area contributed by atoms with E-state index >= 15 is 0 Å². The summed E-state index contributed by atoms with van der Waals surface area (Å²) in [7, 11) is 0. The monoisotopic (exact) mass is 582 g/mol. The number of amides is 1. The Morgan fingerprint density at radius 3 is 2.21 bits per heavy atom. The van der Waals surface area contributed by atoms with Crippen LogP contribution < -0.4 is 15.0 Å². The number of benzene rings is 4. The summed E-state index contributed by atoms with van der Waals surface area (Å²) in [5, 5.41) is 13.4. The third-order valence-electron chi connectivity index (χ3n) is 6.54. The van der Waals surface area contributed by atoms with Gasteiger partial charge in [0, 0.05) is 28.8 Å². The van der Waals surface area contributed by atoms with Crippen molar-refractivity contribution in [2.45, 2.75) is 19.4 Å². The van der Waals surface area contributed by atoms with Gasteiger partial charge in [-0.3, -0.25) is 9.59 Å². The number of nitrogens with zero attached hydrogens (tertiary/aromatic N) is 1. The van der Waals surface area contributed by atoms with E-state index in [0.29, 0.717) is 38.8 Å². The zero-order chi connectivity index (χ0) is 30.1. The summed E-state index contributed by atoms with van der Waals surface area (Å²) in [6, 6.07) is 28.9. The average Bonchev–Trinajstić information content (AvgIpc) is 3.00. The molecule has 214 valence electrons. The Morgan fingerprint density at radius 1 is 0.905 bits per heavy atom. The van der Waals surface area contributed by atoms with E-state index in [1.54, 1.807) is 104 Å². The first kappa shape index (κ1) is 30.1. The first-order valence-electron chi connectivity index (χ1n) is 13.4. The number of hydrogen-bond donors (Lipinski definition) is 2. The van der Waals surface area contributed by atoms with Gasteiger partial charge < -0.3 is 20.1 Å². The molecule has 1 amide bonds. The van der Waals surface area contributed by atoms with Crippen LogP contribution in [0.25, 0.3) is 0 Å². The molecule has 0 heterocycles. The molecule has 1 atom stereocenters. The molecule has 42 heavy (non-hydrogen) atoms. The molecule has 0 bridgehead atoms. The molecule has 4 aromatic rings. The molecule has 0 spiro atoms. The van der Waals surface area contributed by atoms with Gasteiger partial charge in [-0.15, -0.1) is 0 Å². The Labute approximate surface area is 250 Å². The van der Waals surface area contributed by atoms with Gasteiger partial charge >= 0.3 is 5.97 Å². The summed E-state index contributed by atoms with van der Waals surface area (Å²) in [6.45, 7) is 5.86. The predicted molar refractivity (Wildman–Crippen MR) is 166 cm³/mol. The van der Waals surface area contributed by atoms with Crippen molar-refractivity contribution in [3.63, 3.8) is 0 Å². The van der Waals surface area contributed by atoms with E-state index in [1.807, 2.05) is 6.07 Å². The highest BCUT2D eigenvalue weighted by atomic mass is 35.5. The fraction of sp³-hybridized carbons (Fsp3) is 0.147. The van der Waals surface area contributed by atoms with Gasteiger partial charge in [-0.2, -0.15) is 0 Å². The largest absolute Gasteiger partial charge is 0.492 e. The van der Waals surface area contributed by atoms with Crippen molar-refractivity contribution >= 4 is 40.6 Å². The van der Waals surface area contributed by atoms with Crippen LogP contribution in [0.3, 0.4) is 0 Å². The maximum Gasteiger partial charge on any atom is 0.326 e. The topological polar surface area (TPSA) is 95.9 Å². The highest BCUT2D eigenvalue weighted by Crippen LogP contribution is 2.26. The van der Waals surface area contributed by atoms with Gasteiger partial charge in [-0.25, -0.2) is 4.79 Å². The lowest BCUT2D eigenvalue weighted by Gasteiger charge is -2.24. The van der Waals surface area contributed by atoms with E-state index in [1.165, 1.54) is 4.90 Å². The average molecular weight is 583 g/mol. The molecule has 0 aromatic heterocycles. The highest BCUT2D eigenvalue weighted by molar-refractivity contribution is 6.34. The minimum Gasteiger partial charge on any atom is -0.492 e. The molecule has 0 radical (unpaired) electrons. The minimum atomic E-state index is -1.04. The summed E-state index contributed by atoms with van der Waals surface area (Å²) in [4.78, 5) is 39.5. The first-order chi connectivity index (χ1) is 20.2. The van der Waals surface area contributed by atoms with Gasteiger partial charge in [0.25, 0.3) is 5.91 Å². The maximum atomic E-state index is 13.1. The Morgan fingerprint density at radius 2 is 1.55 bits per heavy atom. The van der Waals surface area contributed by atoms with Crippen LogP contribution >= 0.6 is 11.6 Å². The molecule has 2 N–H and O–H groups in total. The molecule has 4 rings (SSSR count). The summed E-state index contributed by atoms with van der Waals surface area (Å²) >= 11 is 6.32. The van der Waals surface area contributed by atoms with Crippen molar-refractivity contribution in [3.05, 3.63) is 137 Å². The number of carboxylic acids is 1. The molecule has 0 saturated carbocycles. The van der Waals surface area contributed by atoms with Gasteiger partial charge in [0.05, 0.1) is 17.3 Å². The van der Waals surface area contributed by atoms with Crippen molar-refractivity contribution in [1.29, 1.82) is 0 Å². The second kappa shape index (κ2) is 14.1. The lowest BCUT2D eigenvalue weighted by Crippen LogP contribution is -2.35. The van der Waals surface area contributed by atoms with E-state index in [2.05, 4.69) is 11.9 Å². The van der Waals surface area contributed by atoms with E-state index < -0.39 is 12.0 Å². The number of halogens is 1. The Balaban J connectivity index is 1.40. The van der Waals surface area contributed by atoms with Crippen molar-refractivity contribution < 1.29 is 24.2 Å². The maximum absolute atomic E-state index is 13.1. The molecule has 0 aliphatic carbocycles. The molecule has 0 fully saturated rings. The number of carboxylic acid groups (broad SMARTS) is 1. The number of para-hydroxylation sites is 2. The van der Waals surface area contributed by atoms with E-state index in [0.717, 1.165) is 5.56 Å². The Hall–Kier alpha value is -4.88. The van der Waals surface area contributed by atoms with Crippen LogP contribution in [0.15, 0.2) is 115 Å². The summed E-state index contributed by atoms with van der Waals surface area (Å²) in [6.07, 6.45) is 0.177. The molecule has 8 heteroatoms. The van der Waals surface area contributed by atoms with Gasteiger partial charge in [-0.1, -0.05) is 84.9 Å². The quantitative estimate of drug-likeness (QED) is 0.135. The van der Waals surface area contributed by atoms with Crippen LogP contribution in [0.4, 0.5) is 11.4 Å². The van der Waals surface area contributed by atoms with Crippen LogP contribution in [-0.4, -0.2) is 42.0 Å². The Bertz CT molecular complexity index is 1570. The molecule has 0 aliphatic rings. The summed E-state index contributed by atoms with van der Waals surface area (Å²) in [5.41, 5.74) is 3.09. The standard InChI is InChI=1S/C34H31ClN2O5/c1-23(2)33(39)37(31-15-9-7-13-28(31)35)20-21-42-26-18-16-24(17-19-26)22-30(34(40)41)36-29-14-8-6-12-27(29)32(38)25-10-4-3-5-11-25/h3-19,30,36H,1,20-22H2,2H3,(H,40,41). The van der Waals surface area contributed by atoms with Gasteiger partial charge in [0.1, 0.15) is 18.4 Å². The van der Waals surface area contributed by atoms with Crippen molar-refractivity contribution in [2.75, 3.05) is 23.4 Å². The minimum absolute atomic E-state index is 0.177. The zero-order valence-corrected chi connectivity index (χ0v) is 23.9. The third kappa shape index (κ3) is 7.65.